The molecule has 3 N–H and O–H groups in total. The summed E-state index contributed by atoms with van der Waals surface area (Å²) in [4.78, 5) is 0. The Kier molecular flexibility index (Phi) is 5.76. The quantitative estimate of drug-likeness (QED) is 0.679. The third-order valence-electron chi connectivity index (χ3n) is 6.74. The fraction of sp³-hybridized carbons (Fsp3) is 0.800. The molecule has 2 saturated carbocycles. The van der Waals surface area contributed by atoms with Gasteiger partial charge in [-0.3, -0.25) is 0 Å². The number of aliphatic hydroxyl groups excluding tert-OH is 3. The Balaban J connectivity index is 2.24. The van der Waals surface area contributed by atoms with Crippen molar-refractivity contribution in [3.8, 4) is 0 Å². The van der Waals surface area contributed by atoms with Gasteiger partial charge in [0.25, 0.3) is 0 Å². The minimum absolute atomic E-state index is 0.00601. The lowest BCUT2D eigenvalue weighted by atomic mass is 9.46. The fourth-order valence-corrected chi connectivity index (χ4v) is 5.42. The number of hydrogen-bond acceptors (Lipinski definition) is 3. The summed E-state index contributed by atoms with van der Waals surface area (Å²) in [5, 5.41) is 29.0. The van der Waals surface area contributed by atoms with E-state index in [9.17, 15) is 10.2 Å². The lowest BCUT2D eigenvalue weighted by Gasteiger charge is -2.59. The van der Waals surface area contributed by atoms with Crippen molar-refractivity contribution in [1.29, 1.82) is 0 Å². The molecular weight excluding hydrogens is 288 g/mol. The van der Waals surface area contributed by atoms with Crippen molar-refractivity contribution >= 4 is 0 Å². The average Bonchev–Trinajstić information content (AvgIpc) is 2.48. The molecule has 0 spiro atoms. The molecule has 3 heteroatoms. The van der Waals surface area contributed by atoms with Gasteiger partial charge in [0, 0.05) is 0 Å². The molecule has 2 rings (SSSR count). The minimum Gasteiger partial charge on any atom is -0.392 e. The van der Waals surface area contributed by atoms with E-state index in [1.54, 1.807) is 6.08 Å². The van der Waals surface area contributed by atoms with Gasteiger partial charge in [-0.2, -0.15) is 0 Å². The molecule has 0 aromatic carbocycles. The van der Waals surface area contributed by atoms with Gasteiger partial charge in [-0.05, 0) is 65.9 Å². The van der Waals surface area contributed by atoms with Crippen molar-refractivity contribution in [3.05, 3.63) is 23.8 Å². The van der Waals surface area contributed by atoms with Gasteiger partial charge in [0.05, 0.1) is 19.3 Å². The normalized spacial score (nSPS) is 37.6. The zero-order valence-corrected chi connectivity index (χ0v) is 15.0. The molecule has 0 aromatic rings. The number of fused-ring (bicyclic) bond motifs is 1. The molecule has 3 nitrogen and oxygen atoms in total. The smallest absolute Gasteiger partial charge is 0.0753 e. The summed E-state index contributed by atoms with van der Waals surface area (Å²) in [5.41, 5.74) is 2.30. The Morgan fingerprint density at radius 1 is 1.26 bits per heavy atom. The predicted molar refractivity (Wildman–Crippen MR) is 94.0 cm³/mol. The number of hydrogen-bond donors (Lipinski definition) is 3. The first kappa shape index (κ1) is 18.7. The van der Waals surface area contributed by atoms with Gasteiger partial charge < -0.3 is 15.3 Å². The molecule has 0 saturated heterocycles. The number of rotatable bonds is 5. The second-order valence-electron chi connectivity index (χ2n) is 8.52. The van der Waals surface area contributed by atoms with Crippen LogP contribution in [0.5, 0.6) is 0 Å². The monoisotopic (exact) mass is 322 g/mol. The fourth-order valence-electron chi connectivity index (χ4n) is 5.42. The van der Waals surface area contributed by atoms with E-state index in [0.29, 0.717) is 5.92 Å². The maximum atomic E-state index is 10.6. The van der Waals surface area contributed by atoms with Crippen molar-refractivity contribution in [1.82, 2.24) is 0 Å². The molecular formula is C20H34O3. The van der Waals surface area contributed by atoms with Crippen molar-refractivity contribution < 1.29 is 15.3 Å². The molecule has 23 heavy (non-hydrogen) atoms. The molecule has 0 aliphatic heterocycles. The van der Waals surface area contributed by atoms with Gasteiger partial charge in [-0.25, -0.2) is 0 Å². The predicted octanol–water partition coefficient (Wildman–Crippen LogP) is 3.45. The van der Waals surface area contributed by atoms with Gasteiger partial charge in [0.15, 0.2) is 0 Å². The van der Waals surface area contributed by atoms with Crippen molar-refractivity contribution in [2.45, 2.75) is 65.4 Å². The highest BCUT2D eigenvalue weighted by molar-refractivity contribution is 5.20. The van der Waals surface area contributed by atoms with Crippen LogP contribution in [-0.4, -0.2) is 34.6 Å². The molecule has 2 aliphatic carbocycles. The maximum Gasteiger partial charge on any atom is 0.0753 e. The third-order valence-corrected chi connectivity index (χ3v) is 6.74. The molecule has 0 heterocycles. The molecule has 0 bridgehead atoms. The zero-order valence-electron chi connectivity index (χ0n) is 15.0. The second-order valence-corrected chi connectivity index (χ2v) is 8.52. The first-order valence-corrected chi connectivity index (χ1v) is 9.02. The van der Waals surface area contributed by atoms with Crippen LogP contribution < -0.4 is 0 Å². The molecule has 4 atom stereocenters. The van der Waals surface area contributed by atoms with E-state index < -0.39 is 6.10 Å². The van der Waals surface area contributed by atoms with E-state index in [-0.39, 0.29) is 30.0 Å². The summed E-state index contributed by atoms with van der Waals surface area (Å²) in [6, 6.07) is 0. The van der Waals surface area contributed by atoms with Crippen LogP contribution in [0.15, 0.2) is 23.8 Å². The Bertz CT molecular complexity index is 466. The van der Waals surface area contributed by atoms with Gasteiger partial charge in [-0.1, -0.05) is 39.8 Å². The Labute approximate surface area is 141 Å². The van der Waals surface area contributed by atoms with Gasteiger partial charge >= 0.3 is 0 Å². The standard InChI is InChI=1S/C20H34O3/c1-14-16(7-6-15(13-22)8-11-21)20(4)10-5-9-19(2,3)18(20)12-17(14)23/h8,16-18,21-23H,1,5-7,9-13H2,2-4H3. The van der Waals surface area contributed by atoms with E-state index in [1.807, 2.05) is 0 Å². The summed E-state index contributed by atoms with van der Waals surface area (Å²) in [7, 11) is 0. The molecule has 0 aromatic heterocycles. The highest BCUT2D eigenvalue weighted by Crippen LogP contribution is 2.61. The summed E-state index contributed by atoms with van der Waals surface area (Å²) in [6.45, 7) is 11.3. The Morgan fingerprint density at radius 3 is 2.57 bits per heavy atom. The van der Waals surface area contributed by atoms with E-state index in [1.165, 1.54) is 19.3 Å². The lowest BCUT2D eigenvalue weighted by molar-refractivity contribution is -0.0835. The van der Waals surface area contributed by atoms with Gasteiger partial charge in [0.1, 0.15) is 0 Å². The first-order chi connectivity index (χ1) is 10.8. The van der Waals surface area contributed by atoms with Crippen LogP contribution in [0.1, 0.15) is 59.3 Å². The first-order valence-electron chi connectivity index (χ1n) is 9.02. The van der Waals surface area contributed by atoms with E-state index in [4.69, 9.17) is 5.11 Å². The van der Waals surface area contributed by atoms with Gasteiger partial charge in [-0.15, -0.1) is 0 Å². The summed E-state index contributed by atoms with van der Waals surface area (Å²) in [5.74, 6) is 0.790. The summed E-state index contributed by atoms with van der Waals surface area (Å²) in [6.07, 6.45) is 7.43. The van der Waals surface area contributed by atoms with Gasteiger partial charge in [0.2, 0.25) is 0 Å². The highest BCUT2D eigenvalue weighted by Gasteiger charge is 2.54. The Hall–Kier alpha value is -0.640. The topological polar surface area (TPSA) is 60.7 Å². The van der Waals surface area contributed by atoms with Crippen molar-refractivity contribution in [2.24, 2.45) is 22.7 Å². The minimum atomic E-state index is -0.408. The van der Waals surface area contributed by atoms with Crippen LogP contribution in [0, 0.1) is 22.7 Å². The van der Waals surface area contributed by atoms with Crippen molar-refractivity contribution in [2.75, 3.05) is 13.2 Å². The van der Waals surface area contributed by atoms with E-state index >= 15 is 0 Å². The molecule has 0 radical (unpaired) electrons. The van der Waals surface area contributed by atoms with E-state index in [0.717, 1.165) is 30.4 Å². The van der Waals surface area contributed by atoms with Crippen LogP contribution in [0.3, 0.4) is 0 Å². The largest absolute Gasteiger partial charge is 0.392 e. The van der Waals surface area contributed by atoms with Crippen LogP contribution in [0.4, 0.5) is 0 Å². The average molecular weight is 322 g/mol. The summed E-state index contributed by atoms with van der Waals surface area (Å²) < 4.78 is 0. The maximum absolute atomic E-state index is 10.6. The highest BCUT2D eigenvalue weighted by atomic mass is 16.3. The van der Waals surface area contributed by atoms with Crippen molar-refractivity contribution in [3.63, 3.8) is 0 Å². The lowest BCUT2D eigenvalue weighted by Crippen LogP contribution is -2.52. The van der Waals surface area contributed by atoms with Crippen LogP contribution in [-0.2, 0) is 0 Å². The summed E-state index contributed by atoms with van der Waals surface area (Å²) >= 11 is 0. The number of aliphatic hydroxyl groups is 3. The zero-order chi connectivity index (χ0) is 17.3. The molecule has 2 fully saturated rings. The van der Waals surface area contributed by atoms with Crippen LogP contribution >= 0.6 is 0 Å². The molecule has 132 valence electrons. The SMILES string of the molecule is C=C1C(O)CC2C(C)(C)CCCC2(C)C1CCC(=CCO)CO. The van der Waals surface area contributed by atoms with E-state index in [2.05, 4.69) is 27.4 Å². The van der Waals surface area contributed by atoms with Crippen LogP contribution in [0.25, 0.3) is 0 Å². The molecule has 2 aliphatic rings. The van der Waals surface area contributed by atoms with Crippen LogP contribution in [0.2, 0.25) is 0 Å². The Morgan fingerprint density at radius 2 is 1.96 bits per heavy atom. The molecule has 4 unspecified atom stereocenters. The third kappa shape index (κ3) is 3.57. The second kappa shape index (κ2) is 7.08. The molecule has 0 amide bonds.